The summed E-state index contributed by atoms with van der Waals surface area (Å²) in [5, 5.41) is 21.0. The summed E-state index contributed by atoms with van der Waals surface area (Å²) in [6, 6.07) is 16.8. The van der Waals surface area contributed by atoms with E-state index >= 15 is 0 Å². The predicted octanol–water partition coefficient (Wildman–Crippen LogP) is 4.33. The van der Waals surface area contributed by atoms with Crippen molar-refractivity contribution in [3.63, 3.8) is 0 Å². The van der Waals surface area contributed by atoms with E-state index in [1.807, 2.05) is 24.3 Å². The van der Waals surface area contributed by atoms with Crippen molar-refractivity contribution in [2.24, 2.45) is 0 Å². The van der Waals surface area contributed by atoms with E-state index in [1.165, 1.54) is 11.3 Å². The van der Waals surface area contributed by atoms with Crippen molar-refractivity contribution >= 4 is 33.9 Å². The third-order valence-electron chi connectivity index (χ3n) is 3.32. The maximum absolute atomic E-state index is 8.78. The molecule has 2 aromatic carbocycles. The fourth-order valence-electron chi connectivity index (χ4n) is 2.10. The molecule has 6 nitrogen and oxygen atoms in total. The number of hydrogen-bond acceptors (Lipinski definition) is 8. The Morgan fingerprint density at radius 3 is 2.73 bits per heavy atom. The van der Waals surface area contributed by atoms with E-state index in [0.717, 1.165) is 27.3 Å². The van der Waals surface area contributed by atoms with E-state index < -0.39 is 0 Å². The highest BCUT2D eigenvalue weighted by Crippen LogP contribution is 2.31. The number of anilines is 2. The first kappa shape index (κ1) is 18.0. The average Bonchev–Trinajstić information content (AvgIpc) is 3.13. The summed E-state index contributed by atoms with van der Waals surface area (Å²) in [5.41, 5.74) is 1.47. The standard InChI is InChI=1S/C18H16N4O2S2/c1-23-16-5-3-2-4-15(16)20-17-21-22-18(26-17)25-11-10-24-14-8-6-13(12-19)7-9-14/h2-9H,10-11H2,1H3,(H,20,21). The molecule has 1 heterocycles. The summed E-state index contributed by atoms with van der Waals surface area (Å²) < 4.78 is 11.8. The summed E-state index contributed by atoms with van der Waals surface area (Å²) in [6.45, 7) is 0.547. The van der Waals surface area contributed by atoms with Crippen molar-refractivity contribution in [1.29, 1.82) is 5.26 Å². The second kappa shape index (κ2) is 9.08. The predicted molar refractivity (Wildman–Crippen MR) is 104 cm³/mol. The van der Waals surface area contributed by atoms with Crippen LogP contribution in [0.15, 0.2) is 52.9 Å². The Bertz CT molecular complexity index is 891. The Kier molecular flexibility index (Phi) is 6.30. The molecule has 0 aliphatic carbocycles. The molecule has 1 aromatic heterocycles. The Hall–Kier alpha value is -2.76. The molecule has 0 radical (unpaired) electrons. The number of nitrogens with one attached hydrogen (secondary N) is 1. The average molecular weight is 384 g/mol. The van der Waals surface area contributed by atoms with Crippen LogP contribution in [0.3, 0.4) is 0 Å². The number of ether oxygens (including phenoxy) is 2. The van der Waals surface area contributed by atoms with Crippen LogP contribution >= 0.6 is 23.1 Å². The Morgan fingerprint density at radius 2 is 1.96 bits per heavy atom. The molecule has 8 heteroatoms. The fourth-order valence-corrected chi connectivity index (χ4v) is 3.75. The Morgan fingerprint density at radius 1 is 1.15 bits per heavy atom. The SMILES string of the molecule is COc1ccccc1Nc1nnc(SCCOc2ccc(C#N)cc2)s1. The lowest BCUT2D eigenvalue weighted by Gasteiger charge is -2.07. The molecule has 0 amide bonds. The third kappa shape index (κ3) is 4.88. The van der Waals surface area contributed by atoms with Crippen molar-refractivity contribution in [3.8, 4) is 17.6 Å². The van der Waals surface area contributed by atoms with Crippen LogP contribution in [0.5, 0.6) is 11.5 Å². The molecule has 3 aromatic rings. The first-order valence-corrected chi connectivity index (χ1v) is 9.58. The van der Waals surface area contributed by atoms with Crippen LogP contribution in [0.4, 0.5) is 10.8 Å². The zero-order valence-electron chi connectivity index (χ0n) is 14.0. The van der Waals surface area contributed by atoms with Crippen LogP contribution in [0.25, 0.3) is 0 Å². The van der Waals surface area contributed by atoms with Gasteiger partial charge in [0.2, 0.25) is 5.13 Å². The molecule has 0 aliphatic heterocycles. The van der Waals surface area contributed by atoms with Gasteiger partial charge in [-0.25, -0.2) is 0 Å². The molecular formula is C18H16N4O2S2. The van der Waals surface area contributed by atoms with Gasteiger partial charge in [-0.05, 0) is 36.4 Å². The van der Waals surface area contributed by atoms with Crippen molar-refractivity contribution in [2.75, 3.05) is 24.8 Å². The van der Waals surface area contributed by atoms with Gasteiger partial charge in [0.05, 0.1) is 31.0 Å². The normalized spacial score (nSPS) is 10.2. The molecule has 3 rings (SSSR count). The highest BCUT2D eigenvalue weighted by atomic mass is 32.2. The van der Waals surface area contributed by atoms with Crippen LogP contribution in [0.2, 0.25) is 0 Å². The molecule has 0 atom stereocenters. The van der Waals surface area contributed by atoms with Crippen molar-refractivity contribution in [2.45, 2.75) is 4.34 Å². The van der Waals surface area contributed by atoms with E-state index in [1.54, 1.807) is 43.1 Å². The minimum absolute atomic E-state index is 0.547. The number of thioether (sulfide) groups is 1. The third-order valence-corrected chi connectivity index (χ3v) is 5.25. The minimum atomic E-state index is 0.547. The Balaban J connectivity index is 1.47. The summed E-state index contributed by atoms with van der Waals surface area (Å²) in [7, 11) is 1.63. The second-order valence-corrected chi connectivity index (χ2v) is 7.35. The lowest BCUT2D eigenvalue weighted by Crippen LogP contribution is -1.99. The number of para-hydroxylation sites is 2. The van der Waals surface area contributed by atoms with E-state index in [0.29, 0.717) is 17.3 Å². The van der Waals surface area contributed by atoms with Crippen LogP contribution in [0.1, 0.15) is 5.56 Å². The molecule has 132 valence electrons. The van der Waals surface area contributed by atoms with Gasteiger partial charge in [0.15, 0.2) is 4.34 Å². The molecule has 0 saturated heterocycles. The van der Waals surface area contributed by atoms with Crippen molar-refractivity contribution < 1.29 is 9.47 Å². The quantitative estimate of drug-likeness (QED) is 0.457. The maximum Gasteiger partial charge on any atom is 0.210 e. The lowest BCUT2D eigenvalue weighted by atomic mass is 10.2. The van der Waals surface area contributed by atoms with Gasteiger partial charge in [0, 0.05) is 5.75 Å². The smallest absolute Gasteiger partial charge is 0.210 e. The maximum atomic E-state index is 8.78. The number of benzene rings is 2. The van der Waals surface area contributed by atoms with Gasteiger partial charge >= 0.3 is 0 Å². The summed E-state index contributed by atoms with van der Waals surface area (Å²) >= 11 is 3.07. The molecule has 0 bridgehead atoms. The summed E-state index contributed by atoms with van der Waals surface area (Å²) in [4.78, 5) is 0. The summed E-state index contributed by atoms with van der Waals surface area (Å²) in [5.74, 6) is 2.26. The van der Waals surface area contributed by atoms with E-state index in [2.05, 4.69) is 21.6 Å². The van der Waals surface area contributed by atoms with Gasteiger partial charge in [0.25, 0.3) is 0 Å². The number of hydrogen-bond donors (Lipinski definition) is 1. The van der Waals surface area contributed by atoms with Crippen LogP contribution in [0, 0.1) is 11.3 Å². The van der Waals surface area contributed by atoms with Crippen molar-refractivity contribution in [1.82, 2.24) is 10.2 Å². The number of methoxy groups -OCH3 is 1. The van der Waals surface area contributed by atoms with E-state index in [-0.39, 0.29) is 0 Å². The fraction of sp³-hybridized carbons (Fsp3) is 0.167. The summed E-state index contributed by atoms with van der Waals surface area (Å²) in [6.07, 6.45) is 0. The topological polar surface area (TPSA) is 80.1 Å². The van der Waals surface area contributed by atoms with Gasteiger partial charge in [-0.1, -0.05) is 35.2 Å². The van der Waals surface area contributed by atoms with E-state index in [9.17, 15) is 0 Å². The molecule has 0 spiro atoms. The minimum Gasteiger partial charge on any atom is -0.495 e. The Labute approximate surface area is 159 Å². The van der Waals surface area contributed by atoms with Gasteiger partial charge in [-0.2, -0.15) is 5.26 Å². The van der Waals surface area contributed by atoms with Gasteiger partial charge in [-0.15, -0.1) is 10.2 Å². The van der Waals surface area contributed by atoms with Gasteiger partial charge in [0.1, 0.15) is 11.5 Å². The second-order valence-electron chi connectivity index (χ2n) is 5.03. The molecular weight excluding hydrogens is 368 g/mol. The van der Waals surface area contributed by atoms with Crippen LogP contribution in [-0.4, -0.2) is 29.7 Å². The monoisotopic (exact) mass is 384 g/mol. The molecule has 0 unspecified atom stereocenters. The highest BCUT2D eigenvalue weighted by molar-refractivity contribution is 8.01. The van der Waals surface area contributed by atoms with Gasteiger partial charge < -0.3 is 14.8 Å². The molecule has 0 fully saturated rings. The van der Waals surface area contributed by atoms with Crippen LogP contribution in [-0.2, 0) is 0 Å². The molecule has 0 aliphatic rings. The largest absolute Gasteiger partial charge is 0.495 e. The zero-order chi connectivity index (χ0) is 18.2. The first-order chi connectivity index (χ1) is 12.8. The number of nitrogens with zero attached hydrogens (tertiary/aromatic N) is 3. The number of rotatable bonds is 8. The van der Waals surface area contributed by atoms with Gasteiger partial charge in [-0.3, -0.25) is 0 Å². The number of nitriles is 1. The first-order valence-electron chi connectivity index (χ1n) is 7.78. The molecule has 1 N–H and O–H groups in total. The molecule has 0 saturated carbocycles. The zero-order valence-corrected chi connectivity index (χ0v) is 15.6. The van der Waals surface area contributed by atoms with E-state index in [4.69, 9.17) is 14.7 Å². The lowest BCUT2D eigenvalue weighted by molar-refractivity contribution is 0.344. The van der Waals surface area contributed by atoms with Crippen molar-refractivity contribution in [3.05, 3.63) is 54.1 Å². The highest BCUT2D eigenvalue weighted by Gasteiger charge is 2.08. The van der Waals surface area contributed by atoms with Crippen LogP contribution < -0.4 is 14.8 Å². The number of aromatic nitrogens is 2. The molecule has 26 heavy (non-hydrogen) atoms.